The summed E-state index contributed by atoms with van der Waals surface area (Å²) in [5.41, 5.74) is 2.70. The molecule has 2 aromatic heterocycles. The van der Waals surface area contributed by atoms with Crippen molar-refractivity contribution in [2.75, 3.05) is 23.8 Å². The van der Waals surface area contributed by atoms with Crippen LogP contribution < -0.4 is 10.2 Å². The van der Waals surface area contributed by atoms with Crippen molar-refractivity contribution in [3.8, 4) is 0 Å². The first kappa shape index (κ1) is 18.7. The van der Waals surface area contributed by atoms with Crippen LogP contribution in [0.5, 0.6) is 0 Å². The second kappa shape index (κ2) is 6.77. The maximum absolute atomic E-state index is 12.9. The van der Waals surface area contributed by atoms with E-state index >= 15 is 0 Å². The lowest BCUT2D eigenvalue weighted by Crippen LogP contribution is -2.24. The third-order valence-corrected chi connectivity index (χ3v) is 6.19. The summed E-state index contributed by atoms with van der Waals surface area (Å²) >= 11 is 0.979. The van der Waals surface area contributed by atoms with E-state index in [9.17, 15) is 18.0 Å². The number of pyridine rings is 1. The maximum atomic E-state index is 12.9. The summed E-state index contributed by atoms with van der Waals surface area (Å²) in [6.45, 7) is 2.73. The molecule has 4 rings (SSSR count). The molecule has 4 nitrogen and oxygen atoms in total. The number of nitrogens with one attached hydrogen (secondary N) is 1. The Kier molecular flexibility index (Phi) is 4.53. The highest BCUT2D eigenvalue weighted by atomic mass is 32.1. The molecule has 0 bridgehead atoms. The Morgan fingerprint density at radius 2 is 2.04 bits per heavy atom. The smallest absolute Gasteiger partial charge is 0.374 e. The molecular weight excluding hydrogens is 387 g/mol. The zero-order valence-electron chi connectivity index (χ0n) is 15.4. The predicted octanol–water partition coefficient (Wildman–Crippen LogP) is 5.26. The summed E-state index contributed by atoms with van der Waals surface area (Å²) in [4.78, 5) is 19.2. The summed E-state index contributed by atoms with van der Waals surface area (Å²) < 4.78 is 38.7. The number of fused-ring (bicyclic) bond motifs is 2. The number of hydrogen-bond acceptors (Lipinski definition) is 4. The van der Waals surface area contributed by atoms with E-state index in [1.807, 2.05) is 25.2 Å². The Hall–Kier alpha value is -2.61. The second-order valence-electron chi connectivity index (χ2n) is 6.93. The van der Waals surface area contributed by atoms with E-state index in [1.165, 1.54) is 11.6 Å². The first-order valence-corrected chi connectivity index (χ1v) is 9.68. The van der Waals surface area contributed by atoms with Crippen molar-refractivity contribution in [3.63, 3.8) is 0 Å². The number of halogens is 3. The van der Waals surface area contributed by atoms with Gasteiger partial charge in [0.1, 0.15) is 10.5 Å². The SMILES string of the molecule is Cc1c(C(=O)Nc2ccc3c(c2)CCCN3C)sc2nc(C(F)(F)F)ccc12. The Labute approximate surface area is 164 Å². The molecule has 1 aliphatic rings. The maximum Gasteiger partial charge on any atom is 0.433 e. The number of aryl methyl sites for hydroxylation is 2. The van der Waals surface area contributed by atoms with Crippen molar-refractivity contribution in [3.05, 3.63) is 52.0 Å². The molecule has 0 spiro atoms. The van der Waals surface area contributed by atoms with Gasteiger partial charge in [-0.05, 0) is 61.2 Å². The normalized spacial score (nSPS) is 14.2. The van der Waals surface area contributed by atoms with Crippen molar-refractivity contribution < 1.29 is 18.0 Å². The fraction of sp³-hybridized carbons (Fsp3) is 0.300. The van der Waals surface area contributed by atoms with Crippen LogP contribution in [0.15, 0.2) is 30.3 Å². The van der Waals surface area contributed by atoms with E-state index in [2.05, 4.69) is 15.2 Å². The highest BCUT2D eigenvalue weighted by molar-refractivity contribution is 7.20. The Bertz CT molecular complexity index is 1070. The van der Waals surface area contributed by atoms with E-state index in [-0.39, 0.29) is 10.7 Å². The van der Waals surface area contributed by atoms with Crippen molar-refractivity contribution in [2.45, 2.75) is 25.9 Å². The Morgan fingerprint density at radius 1 is 1.25 bits per heavy atom. The van der Waals surface area contributed by atoms with E-state index < -0.39 is 11.9 Å². The highest BCUT2D eigenvalue weighted by Gasteiger charge is 2.33. The average Bonchev–Trinajstić information content (AvgIpc) is 2.97. The third kappa shape index (κ3) is 3.32. The molecule has 3 heterocycles. The number of carbonyl (C=O) groups is 1. The van der Waals surface area contributed by atoms with Crippen LogP contribution in [0, 0.1) is 6.92 Å². The highest BCUT2D eigenvalue weighted by Crippen LogP contribution is 2.35. The molecule has 0 radical (unpaired) electrons. The number of anilines is 2. The summed E-state index contributed by atoms with van der Waals surface area (Å²) in [6.07, 6.45) is -2.50. The topological polar surface area (TPSA) is 45.2 Å². The van der Waals surface area contributed by atoms with Crippen molar-refractivity contribution in [2.24, 2.45) is 0 Å². The van der Waals surface area contributed by atoms with Crippen LogP contribution in [-0.2, 0) is 12.6 Å². The molecule has 1 aliphatic heterocycles. The van der Waals surface area contributed by atoms with Gasteiger partial charge in [0.2, 0.25) is 0 Å². The van der Waals surface area contributed by atoms with Gasteiger partial charge in [-0.25, -0.2) is 4.98 Å². The van der Waals surface area contributed by atoms with Gasteiger partial charge in [-0.1, -0.05) is 0 Å². The molecule has 146 valence electrons. The van der Waals surface area contributed by atoms with Gasteiger partial charge in [0.05, 0.1) is 4.88 Å². The molecule has 0 saturated heterocycles. The van der Waals surface area contributed by atoms with Crippen molar-refractivity contribution >= 4 is 38.8 Å². The van der Waals surface area contributed by atoms with Crippen LogP contribution in [0.2, 0.25) is 0 Å². The summed E-state index contributed by atoms with van der Waals surface area (Å²) in [5.74, 6) is -0.335. The molecule has 3 aromatic rings. The third-order valence-electron chi connectivity index (χ3n) is 4.99. The summed E-state index contributed by atoms with van der Waals surface area (Å²) in [7, 11) is 2.04. The van der Waals surface area contributed by atoms with Gasteiger partial charge in [0, 0.05) is 30.4 Å². The van der Waals surface area contributed by atoms with Gasteiger partial charge in [0.25, 0.3) is 5.91 Å². The molecule has 0 saturated carbocycles. The first-order chi connectivity index (χ1) is 13.2. The molecule has 1 aromatic carbocycles. The van der Waals surface area contributed by atoms with Gasteiger partial charge >= 0.3 is 6.18 Å². The molecule has 0 unspecified atom stereocenters. The number of thiophene rings is 1. The number of amides is 1. The van der Waals surface area contributed by atoms with Crippen molar-refractivity contribution in [1.82, 2.24) is 4.98 Å². The van der Waals surface area contributed by atoms with Gasteiger partial charge in [-0.15, -0.1) is 11.3 Å². The van der Waals surface area contributed by atoms with Gasteiger partial charge in [-0.2, -0.15) is 13.2 Å². The minimum absolute atomic E-state index is 0.213. The lowest BCUT2D eigenvalue weighted by molar-refractivity contribution is -0.140. The van der Waals surface area contributed by atoms with Crippen LogP contribution in [0.4, 0.5) is 24.5 Å². The fourth-order valence-corrected chi connectivity index (χ4v) is 4.60. The number of rotatable bonds is 2. The predicted molar refractivity (Wildman–Crippen MR) is 105 cm³/mol. The fourth-order valence-electron chi connectivity index (χ4n) is 3.52. The molecule has 0 fully saturated rings. The van der Waals surface area contributed by atoms with Crippen LogP contribution in [0.1, 0.15) is 32.9 Å². The quantitative estimate of drug-likeness (QED) is 0.633. The van der Waals surface area contributed by atoms with Gasteiger partial charge in [0.15, 0.2) is 0 Å². The van der Waals surface area contributed by atoms with E-state index in [1.54, 1.807) is 6.92 Å². The zero-order valence-corrected chi connectivity index (χ0v) is 16.2. The minimum Gasteiger partial charge on any atom is -0.374 e. The molecule has 1 N–H and O–H groups in total. The van der Waals surface area contributed by atoms with E-state index in [4.69, 9.17) is 0 Å². The number of carbonyl (C=O) groups excluding carboxylic acids is 1. The molecule has 28 heavy (non-hydrogen) atoms. The number of benzene rings is 1. The van der Waals surface area contributed by atoms with Crippen LogP contribution in [0.25, 0.3) is 10.2 Å². The lowest BCUT2D eigenvalue weighted by atomic mass is 10.0. The van der Waals surface area contributed by atoms with Gasteiger partial charge in [-0.3, -0.25) is 4.79 Å². The number of nitrogens with zero attached hydrogens (tertiary/aromatic N) is 2. The number of hydrogen-bond donors (Lipinski definition) is 1. The largest absolute Gasteiger partial charge is 0.433 e. The van der Waals surface area contributed by atoms with E-state index in [0.717, 1.165) is 42.5 Å². The van der Waals surface area contributed by atoms with Crippen molar-refractivity contribution in [1.29, 1.82) is 0 Å². The summed E-state index contributed by atoms with van der Waals surface area (Å²) in [6, 6.07) is 8.12. The minimum atomic E-state index is -4.51. The lowest BCUT2D eigenvalue weighted by Gasteiger charge is -2.27. The Morgan fingerprint density at radius 3 is 2.79 bits per heavy atom. The van der Waals surface area contributed by atoms with Crippen LogP contribution >= 0.6 is 11.3 Å². The van der Waals surface area contributed by atoms with Gasteiger partial charge < -0.3 is 10.2 Å². The zero-order chi connectivity index (χ0) is 20.1. The van der Waals surface area contributed by atoms with E-state index in [0.29, 0.717) is 21.5 Å². The Balaban J connectivity index is 1.63. The molecule has 1 amide bonds. The van der Waals surface area contributed by atoms with Crippen LogP contribution in [0.3, 0.4) is 0 Å². The molecular formula is C20H18F3N3OS. The second-order valence-corrected chi connectivity index (χ2v) is 7.92. The molecule has 0 aliphatic carbocycles. The standard InChI is InChI=1S/C20H18F3N3OS/c1-11-14-6-8-16(20(21,22)23)25-19(14)28-17(11)18(27)24-13-5-7-15-12(10-13)4-3-9-26(15)2/h5-8,10H,3-4,9H2,1-2H3,(H,24,27). The molecule has 8 heteroatoms. The monoisotopic (exact) mass is 405 g/mol. The summed E-state index contributed by atoms with van der Waals surface area (Å²) in [5, 5.41) is 3.44. The average molecular weight is 405 g/mol. The molecule has 0 atom stereocenters. The first-order valence-electron chi connectivity index (χ1n) is 8.87. The number of alkyl halides is 3. The number of aromatic nitrogens is 1. The van der Waals surface area contributed by atoms with Crippen LogP contribution in [-0.4, -0.2) is 24.5 Å².